The molecule has 1 fully saturated rings. The Kier molecular flexibility index (Phi) is 4.82. The Bertz CT molecular complexity index is 947. The molecule has 2 aromatic carbocycles. The van der Waals surface area contributed by atoms with E-state index >= 15 is 0 Å². The largest absolute Gasteiger partial charge is 0.493 e. The van der Waals surface area contributed by atoms with E-state index in [4.69, 9.17) is 18.9 Å². The topological polar surface area (TPSA) is 74.3 Å². The third kappa shape index (κ3) is 3.06. The van der Waals surface area contributed by atoms with Crippen LogP contribution in [-0.4, -0.2) is 51.2 Å². The van der Waals surface area contributed by atoms with Crippen molar-refractivity contribution < 1.29 is 28.5 Å². The summed E-state index contributed by atoms with van der Waals surface area (Å²) in [6.45, 7) is 0.891. The molecular formula is C22H23NO6. The fourth-order valence-electron chi connectivity index (χ4n) is 4.23. The van der Waals surface area contributed by atoms with Gasteiger partial charge in [0.25, 0.3) is 5.91 Å². The fraction of sp³-hybridized carbons (Fsp3) is 0.364. The number of piperidine rings is 1. The van der Waals surface area contributed by atoms with Crippen LogP contribution in [0, 0.1) is 0 Å². The zero-order valence-electron chi connectivity index (χ0n) is 16.7. The van der Waals surface area contributed by atoms with Crippen molar-refractivity contribution in [3.63, 3.8) is 0 Å². The molecule has 0 aromatic heterocycles. The second kappa shape index (κ2) is 7.31. The number of fused-ring (bicyclic) bond motifs is 2. The molecule has 0 radical (unpaired) electrons. The summed E-state index contributed by atoms with van der Waals surface area (Å²) in [5, 5.41) is 0. The second-order valence-corrected chi connectivity index (χ2v) is 7.17. The first-order valence-electron chi connectivity index (χ1n) is 9.45. The molecule has 1 saturated heterocycles. The average molecular weight is 397 g/mol. The number of esters is 1. The molecule has 2 aliphatic rings. The van der Waals surface area contributed by atoms with E-state index in [1.165, 1.54) is 21.3 Å². The van der Waals surface area contributed by atoms with Gasteiger partial charge >= 0.3 is 5.97 Å². The predicted octanol–water partition coefficient (Wildman–Crippen LogP) is 3.01. The Hall–Kier alpha value is -3.22. The first-order valence-corrected chi connectivity index (χ1v) is 9.45. The molecule has 0 N–H and O–H groups in total. The minimum atomic E-state index is -0.789. The van der Waals surface area contributed by atoms with Gasteiger partial charge in [0.15, 0.2) is 17.1 Å². The van der Waals surface area contributed by atoms with Crippen LogP contribution < -0.4 is 14.2 Å². The lowest BCUT2D eigenvalue weighted by Gasteiger charge is -2.39. The van der Waals surface area contributed by atoms with Crippen LogP contribution in [0.5, 0.6) is 17.2 Å². The summed E-state index contributed by atoms with van der Waals surface area (Å²) >= 11 is 0. The number of nitrogens with zero attached hydrogens (tertiary/aromatic N) is 1. The van der Waals surface area contributed by atoms with Crippen LogP contribution in [0.3, 0.4) is 0 Å². The molecule has 7 heteroatoms. The third-order valence-corrected chi connectivity index (χ3v) is 5.58. The molecule has 1 unspecified atom stereocenters. The second-order valence-electron chi connectivity index (χ2n) is 7.17. The van der Waals surface area contributed by atoms with Crippen molar-refractivity contribution in [2.24, 2.45) is 0 Å². The average Bonchev–Trinajstić information content (AvgIpc) is 3.03. The van der Waals surface area contributed by atoms with Crippen LogP contribution in [-0.2, 0) is 10.3 Å². The van der Waals surface area contributed by atoms with Crippen molar-refractivity contribution in [1.29, 1.82) is 0 Å². The maximum absolute atomic E-state index is 13.3. The third-order valence-electron chi connectivity index (χ3n) is 5.58. The van der Waals surface area contributed by atoms with Crippen LogP contribution in [0.2, 0.25) is 0 Å². The molecule has 152 valence electrons. The number of methoxy groups -OCH3 is 3. The minimum Gasteiger partial charge on any atom is -0.493 e. The number of hydrogen-bond donors (Lipinski definition) is 0. The van der Waals surface area contributed by atoms with Gasteiger partial charge in [-0.05, 0) is 31.0 Å². The number of carbonyl (C=O) groups excluding carboxylic acids is 2. The quantitative estimate of drug-likeness (QED) is 0.739. The molecule has 2 aromatic rings. The molecule has 1 spiro atoms. The van der Waals surface area contributed by atoms with E-state index in [0.29, 0.717) is 47.9 Å². The standard InChI is InChI=1S/C22H23NO6/c1-26-17-11-14(12-18(27-2)19(17)28-3)20(24)23-10-6-9-22(13-23)16-8-5-4-7-15(16)21(25)29-22/h4-5,7-8,11-12H,6,9-10,13H2,1-3H3. The number of ether oxygens (including phenoxy) is 4. The Balaban J connectivity index is 1.67. The van der Waals surface area contributed by atoms with Gasteiger partial charge in [-0.3, -0.25) is 4.79 Å². The lowest BCUT2D eigenvalue weighted by Crippen LogP contribution is -2.48. The van der Waals surface area contributed by atoms with E-state index in [1.54, 1.807) is 23.1 Å². The van der Waals surface area contributed by atoms with Crippen molar-refractivity contribution in [3.8, 4) is 17.2 Å². The number of amides is 1. The van der Waals surface area contributed by atoms with Gasteiger partial charge in [-0.2, -0.15) is 0 Å². The first-order chi connectivity index (χ1) is 14.0. The molecule has 0 aliphatic carbocycles. The van der Waals surface area contributed by atoms with E-state index in [0.717, 1.165) is 12.0 Å². The van der Waals surface area contributed by atoms with Crippen LogP contribution in [0.15, 0.2) is 36.4 Å². The lowest BCUT2D eigenvalue weighted by molar-refractivity contribution is -0.0442. The number of carbonyl (C=O) groups is 2. The minimum absolute atomic E-state index is 0.177. The number of benzene rings is 2. The summed E-state index contributed by atoms with van der Waals surface area (Å²) in [7, 11) is 4.54. The molecular weight excluding hydrogens is 374 g/mol. The summed E-state index contributed by atoms with van der Waals surface area (Å²) in [4.78, 5) is 27.4. The van der Waals surface area contributed by atoms with E-state index < -0.39 is 5.60 Å². The maximum atomic E-state index is 13.3. The summed E-state index contributed by atoms with van der Waals surface area (Å²) in [5.74, 6) is 0.755. The molecule has 7 nitrogen and oxygen atoms in total. The highest BCUT2D eigenvalue weighted by molar-refractivity contribution is 5.97. The molecule has 1 amide bonds. The lowest BCUT2D eigenvalue weighted by atomic mass is 9.85. The molecule has 29 heavy (non-hydrogen) atoms. The monoisotopic (exact) mass is 397 g/mol. The summed E-state index contributed by atoms with van der Waals surface area (Å²) in [6, 6.07) is 10.7. The van der Waals surface area contributed by atoms with Gasteiger partial charge in [0.1, 0.15) is 0 Å². The van der Waals surface area contributed by atoms with E-state index in [9.17, 15) is 9.59 Å². The fourth-order valence-corrected chi connectivity index (χ4v) is 4.23. The van der Waals surface area contributed by atoms with Crippen molar-refractivity contribution >= 4 is 11.9 Å². The highest BCUT2D eigenvalue weighted by atomic mass is 16.6. The highest BCUT2D eigenvalue weighted by Crippen LogP contribution is 2.44. The summed E-state index contributed by atoms with van der Waals surface area (Å²) < 4.78 is 21.9. The van der Waals surface area contributed by atoms with Crippen molar-refractivity contribution in [2.45, 2.75) is 18.4 Å². The van der Waals surface area contributed by atoms with Crippen LogP contribution in [0.1, 0.15) is 39.1 Å². The van der Waals surface area contributed by atoms with Crippen LogP contribution in [0.25, 0.3) is 0 Å². The Morgan fingerprint density at radius 3 is 2.41 bits per heavy atom. The van der Waals surface area contributed by atoms with E-state index in [2.05, 4.69) is 0 Å². The van der Waals surface area contributed by atoms with E-state index in [1.807, 2.05) is 18.2 Å². The summed E-state index contributed by atoms with van der Waals surface area (Å²) in [5.41, 5.74) is 1.07. The maximum Gasteiger partial charge on any atom is 0.339 e. The van der Waals surface area contributed by atoms with Gasteiger partial charge in [0.05, 0.1) is 33.4 Å². The molecule has 0 saturated carbocycles. The number of rotatable bonds is 4. The molecule has 0 bridgehead atoms. The Morgan fingerprint density at radius 1 is 1.07 bits per heavy atom. The van der Waals surface area contributed by atoms with Crippen molar-refractivity contribution in [3.05, 3.63) is 53.1 Å². The van der Waals surface area contributed by atoms with E-state index in [-0.39, 0.29) is 11.9 Å². The van der Waals surface area contributed by atoms with Crippen molar-refractivity contribution in [1.82, 2.24) is 4.90 Å². The summed E-state index contributed by atoms with van der Waals surface area (Å²) in [6.07, 6.45) is 1.42. The normalized spacial score (nSPS) is 20.2. The van der Waals surface area contributed by atoms with Gasteiger partial charge in [0, 0.05) is 17.7 Å². The first kappa shape index (κ1) is 19.1. The van der Waals surface area contributed by atoms with Crippen molar-refractivity contribution in [2.75, 3.05) is 34.4 Å². The Morgan fingerprint density at radius 2 is 1.76 bits per heavy atom. The predicted molar refractivity (Wildman–Crippen MR) is 105 cm³/mol. The molecule has 2 heterocycles. The highest BCUT2D eigenvalue weighted by Gasteiger charge is 2.48. The molecule has 1 atom stereocenters. The van der Waals surface area contributed by atoms with Crippen LogP contribution >= 0.6 is 0 Å². The van der Waals surface area contributed by atoms with Gasteiger partial charge in [0.2, 0.25) is 5.75 Å². The van der Waals surface area contributed by atoms with Gasteiger partial charge in [-0.25, -0.2) is 4.79 Å². The molecule has 4 rings (SSSR count). The smallest absolute Gasteiger partial charge is 0.339 e. The SMILES string of the molecule is COc1cc(C(=O)N2CCCC3(C2)OC(=O)c2ccccc23)cc(OC)c1OC. The number of hydrogen-bond acceptors (Lipinski definition) is 6. The van der Waals surface area contributed by atoms with Gasteiger partial charge in [-0.15, -0.1) is 0 Å². The zero-order valence-corrected chi connectivity index (χ0v) is 16.7. The van der Waals surface area contributed by atoms with Gasteiger partial charge < -0.3 is 23.8 Å². The Labute approximate surface area is 169 Å². The van der Waals surface area contributed by atoms with Gasteiger partial charge in [-0.1, -0.05) is 18.2 Å². The molecule has 2 aliphatic heterocycles. The zero-order chi connectivity index (χ0) is 20.6. The van der Waals surface area contributed by atoms with Crippen LogP contribution in [0.4, 0.5) is 0 Å². The number of likely N-dealkylation sites (tertiary alicyclic amines) is 1.